The number of aliphatic imine (C=N–C) groups is 1. The van der Waals surface area contributed by atoms with E-state index < -0.39 is 0 Å². The number of hydrogen-bond donors (Lipinski definition) is 1. The molecule has 1 N–H and O–H groups in total. The summed E-state index contributed by atoms with van der Waals surface area (Å²) in [5, 5.41) is 4.74. The lowest BCUT2D eigenvalue weighted by Crippen LogP contribution is -2.36. The van der Waals surface area contributed by atoms with Gasteiger partial charge in [-0.2, -0.15) is 0 Å². The molecular formula is C14H27N3S. The van der Waals surface area contributed by atoms with Crippen LogP contribution in [0, 0.1) is 11.3 Å². The molecule has 104 valence electrons. The normalized spacial score (nSPS) is 28.2. The molecule has 2 rings (SSSR count). The summed E-state index contributed by atoms with van der Waals surface area (Å²) in [4.78, 5) is 7.18. The molecule has 1 saturated heterocycles. The second-order valence-electron chi connectivity index (χ2n) is 5.92. The lowest BCUT2D eigenvalue weighted by Gasteiger charge is -2.33. The van der Waals surface area contributed by atoms with Gasteiger partial charge in [-0.15, -0.1) is 0 Å². The first kappa shape index (κ1) is 14.2. The summed E-state index contributed by atoms with van der Waals surface area (Å²) in [5.41, 5.74) is 0.462. The third-order valence-electron chi connectivity index (χ3n) is 4.60. The summed E-state index contributed by atoms with van der Waals surface area (Å²) in [6.07, 6.45) is 3.83. The van der Waals surface area contributed by atoms with Gasteiger partial charge in [0.1, 0.15) is 0 Å². The molecule has 0 saturated carbocycles. The van der Waals surface area contributed by atoms with Gasteiger partial charge in [0.2, 0.25) is 0 Å². The van der Waals surface area contributed by atoms with E-state index in [1.54, 1.807) is 0 Å². The maximum absolute atomic E-state index is 4.76. The Bertz CT molecular complexity index is 299. The van der Waals surface area contributed by atoms with Crippen molar-refractivity contribution in [1.82, 2.24) is 10.2 Å². The standard InChI is InChI=1S/C14H27N3S/c1-4-14(5-2)10-16-13(18-11-14)15-8-12-6-7-17(3)9-12/h12H,4-11H2,1-3H3,(H,15,16). The van der Waals surface area contributed by atoms with Gasteiger partial charge in [-0.05, 0) is 44.2 Å². The van der Waals surface area contributed by atoms with Crippen LogP contribution < -0.4 is 5.32 Å². The van der Waals surface area contributed by atoms with Gasteiger partial charge < -0.3 is 10.2 Å². The minimum atomic E-state index is 0.462. The van der Waals surface area contributed by atoms with Gasteiger partial charge in [0.15, 0.2) is 5.17 Å². The summed E-state index contributed by atoms with van der Waals surface area (Å²) in [5.74, 6) is 2.04. The zero-order chi connectivity index (χ0) is 13.0. The lowest BCUT2D eigenvalue weighted by molar-refractivity contribution is 0.318. The van der Waals surface area contributed by atoms with Crippen molar-refractivity contribution in [2.75, 3.05) is 39.0 Å². The van der Waals surface area contributed by atoms with Crippen LogP contribution in [-0.4, -0.2) is 49.0 Å². The molecule has 0 spiro atoms. The molecule has 0 radical (unpaired) electrons. The molecule has 18 heavy (non-hydrogen) atoms. The third kappa shape index (κ3) is 3.41. The monoisotopic (exact) mass is 269 g/mol. The molecule has 2 heterocycles. The highest BCUT2D eigenvalue weighted by Gasteiger charge is 2.30. The summed E-state index contributed by atoms with van der Waals surface area (Å²) in [6.45, 7) is 9.19. The lowest BCUT2D eigenvalue weighted by atomic mass is 9.84. The second-order valence-corrected chi connectivity index (χ2v) is 6.88. The van der Waals surface area contributed by atoms with Crippen LogP contribution in [0.5, 0.6) is 0 Å². The first-order valence-electron chi connectivity index (χ1n) is 7.27. The van der Waals surface area contributed by atoms with E-state index in [4.69, 9.17) is 4.99 Å². The molecule has 0 aromatic rings. The molecule has 1 unspecified atom stereocenters. The molecule has 2 aliphatic rings. The Labute approximate surface area is 116 Å². The summed E-state index contributed by atoms with van der Waals surface area (Å²) >= 11 is 1.93. The van der Waals surface area contributed by atoms with Crippen LogP contribution >= 0.6 is 11.8 Å². The minimum Gasteiger partial charge on any atom is -0.365 e. The number of hydrogen-bond acceptors (Lipinski definition) is 4. The van der Waals surface area contributed by atoms with Gasteiger partial charge in [0, 0.05) is 25.4 Å². The van der Waals surface area contributed by atoms with Crippen LogP contribution in [0.25, 0.3) is 0 Å². The van der Waals surface area contributed by atoms with Crippen molar-refractivity contribution in [3.05, 3.63) is 0 Å². The fraction of sp³-hybridized carbons (Fsp3) is 0.929. The SMILES string of the molecule is CCC1(CC)CN=C(NCC2CCN(C)C2)SC1. The number of nitrogens with one attached hydrogen (secondary N) is 1. The van der Waals surface area contributed by atoms with Crippen molar-refractivity contribution < 1.29 is 0 Å². The molecule has 0 bridgehead atoms. The average Bonchev–Trinajstić information content (AvgIpc) is 2.83. The zero-order valence-corrected chi connectivity index (χ0v) is 12.9. The minimum absolute atomic E-state index is 0.462. The Kier molecular flexibility index (Phi) is 4.96. The van der Waals surface area contributed by atoms with E-state index in [9.17, 15) is 0 Å². The Balaban J connectivity index is 1.76. The molecular weight excluding hydrogens is 242 g/mol. The number of likely N-dealkylation sites (tertiary alicyclic amines) is 1. The first-order chi connectivity index (χ1) is 8.67. The van der Waals surface area contributed by atoms with Crippen LogP contribution in [0.4, 0.5) is 0 Å². The van der Waals surface area contributed by atoms with Gasteiger partial charge in [-0.25, -0.2) is 0 Å². The Morgan fingerprint density at radius 1 is 1.44 bits per heavy atom. The van der Waals surface area contributed by atoms with Crippen LogP contribution in [-0.2, 0) is 0 Å². The van der Waals surface area contributed by atoms with Gasteiger partial charge in [0.05, 0.1) is 0 Å². The van der Waals surface area contributed by atoms with Gasteiger partial charge in [0.25, 0.3) is 0 Å². The van der Waals surface area contributed by atoms with E-state index in [1.165, 1.54) is 43.3 Å². The summed E-state index contributed by atoms with van der Waals surface area (Å²) in [6, 6.07) is 0. The number of thioether (sulfide) groups is 1. The smallest absolute Gasteiger partial charge is 0.156 e. The fourth-order valence-corrected chi connectivity index (χ4v) is 4.05. The summed E-state index contributed by atoms with van der Waals surface area (Å²) in [7, 11) is 2.21. The highest BCUT2D eigenvalue weighted by atomic mass is 32.2. The van der Waals surface area contributed by atoms with Crippen LogP contribution in [0.1, 0.15) is 33.1 Å². The summed E-state index contributed by atoms with van der Waals surface area (Å²) < 4.78 is 0. The van der Waals surface area contributed by atoms with Crippen LogP contribution in [0.2, 0.25) is 0 Å². The highest BCUT2D eigenvalue weighted by molar-refractivity contribution is 8.13. The van der Waals surface area contributed by atoms with E-state index in [0.717, 1.165) is 19.0 Å². The number of rotatable bonds is 4. The highest BCUT2D eigenvalue weighted by Crippen LogP contribution is 2.34. The molecule has 4 heteroatoms. The van der Waals surface area contributed by atoms with Crippen molar-refractivity contribution in [3.8, 4) is 0 Å². The van der Waals surface area contributed by atoms with Gasteiger partial charge in [-0.1, -0.05) is 25.6 Å². The first-order valence-corrected chi connectivity index (χ1v) is 8.25. The van der Waals surface area contributed by atoms with E-state index in [-0.39, 0.29) is 0 Å². The predicted octanol–water partition coefficient (Wildman–Crippen LogP) is 2.44. The van der Waals surface area contributed by atoms with Crippen molar-refractivity contribution in [3.63, 3.8) is 0 Å². The third-order valence-corrected chi connectivity index (χ3v) is 5.91. The topological polar surface area (TPSA) is 27.6 Å². The molecule has 0 aromatic carbocycles. The second kappa shape index (κ2) is 6.29. The quantitative estimate of drug-likeness (QED) is 0.849. The van der Waals surface area contributed by atoms with Crippen LogP contribution in [0.15, 0.2) is 4.99 Å². The van der Waals surface area contributed by atoms with E-state index in [0.29, 0.717) is 5.41 Å². The van der Waals surface area contributed by atoms with Crippen LogP contribution in [0.3, 0.4) is 0 Å². The van der Waals surface area contributed by atoms with E-state index >= 15 is 0 Å². The van der Waals surface area contributed by atoms with Gasteiger partial charge in [-0.3, -0.25) is 4.99 Å². The molecule has 1 fully saturated rings. The van der Waals surface area contributed by atoms with Crippen molar-refractivity contribution in [2.45, 2.75) is 33.1 Å². The predicted molar refractivity (Wildman–Crippen MR) is 81.4 cm³/mol. The van der Waals surface area contributed by atoms with Gasteiger partial charge >= 0.3 is 0 Å². The van der Waals surface area contributed by atoms with E-state index in [2.05, 4.69) is 31.1 Å². The Hall–Kier alpha value is -0.220. The molecule has 2 aliphatic heterocycles. The maximum atomic E-state index is 4.76. The molecule has 1 atom stereocenters. The number of amidine groups is 1. The van der Waals surface area contributed by atoms with Crippen molar-refractivity contribution >= 4 is 16.9 Å². The number of nitrogens with zero attached hydrogens (tertiary/aromatic N) is 2. The molecule has 0 aromatic heterocycles. The largest absolute Gasteiger partial charge is 0.365 e. The van der Waals surface area contributed by atoms with E-state index in [1.807, 2.05) is 11.8 Å². The maximum Gasteiger partial charge on any atom is 0.156 e. The average molecular weight is 269 g/mol. The Morgan fingerprint density at radius 2 is 2.22 bits per heavy atom. The van der Waals surface area contributed by atoms with Crippen molar-refractivity contribution in [1.29, 1.82) is 0 Å². The zero-order valence-electron chi connectivity index (χ0n) is 12.0. The molecule has 0 amide bonds. The Morgan fingerprint density at radius 3 is 2.72 bits per heavy atom. The molecule has 3 nitrogen and oxygen atoms in total. The van der Waals surface area contributed by atoms with Crippen molar-refractivity contribution in [2.24, 2.45) is 16.3 Å². The fourth-order valence-electron chi connectivity index (χ4n) is 2.76. The molecule has 0 aliphatic carbocycles.